The van der Waals surface area contributed by atoms with Crippen LogP contribution in [0.4, 0.5) is 34.1 Å². The van der Waals surface area contributed by atoms with Gasteiger partial charge in [-0.1, -0.05) is 327 Å². The molecule has 3 nitrogen and oxygen atoms in total. The number of fused-ring (bicyclic) bond motifs is 9. The first-order valence-corrected chi connectivity index (χ1v) is 31.8. The standard InChI is InChI=1S/C92H60BN3/c1-7-29-61(30-8-1)67-54-56-84-81(57-67)93-80-55-53-68(89-78-45-21-19-43-76(78)88(66-39-17-6-18-40-66)77-44-20-22-46-79(77)89)58-85(80)96(92-72(64-35-13-4-14-36-64)49-28-50-73(92)65-37-15-5-16-38-65)87-60-69(94-82-51-25-23-41-74(82)75-42-24-26-52-83(75)94)59-86(90(87)93)95(84)91-70(62-31-9-2-10-32-62)47-27-48-71(91)63-33-11-3-12-34-63/h1-60H/i1D,6D,7D,8D,17D,18D,23D,24D,25D,26D,29D,30D,39D,40D,41D,42D,51D,52D. The fourth-order valence-electron chi connectivity index (χ4n) is 15.0. The Balaban J connectivity index is 1.05. The van der Waals surface area contributed by atoms with Gasteiger partial charge in [-0.25, -0.2) is 0 Å². The Labute approximate surface area is 584 Å². The molecular formula is C92H60BN3. The summed E-state index contributed by atoms with van der Waals surface area (Å²) in [5.41, 5.74) is 14.1. The highest BCUT2D eigenvalue weighted by atomic mass is 15.2. The molecule has 19 rings (SSSR count). The van der Waals surface area contributed by atoms with Gasteiger partial charge < -0.3 is 14.4 Å². The van der Waals surface area contributed by atoms with E-state index in [0.29, 0.717) is 83.3 Å². The van der Waals surface area contributed by atoms with Gasteiger partial charge in [0.2, 0.25) is 0 Å². The normalized spacial score (nSPS) is 14.9. The second kappa shape index (κ2) is 22.7. The molecule has 0 atom stereocenters. The molecule has 0 unspecified atom stereocenters. The van der Waals surface area contributed by atoms with Gasteiger partial charge in [0.15, 0.2) is 0 Å². The number of hydrogen-bond donors (Lipinski definition) is 0. The lowest BCUT2D eigenvalue weighted by molar-refractivity contribution is 1.16. The lowest BCUT2D eigenvalue weighted by Crippen LogP contribution is -2.61. The fraction of sp³-hybridized carbons (Fsp3) is 0. The molecule has 0 amide bonds. The van der Waals surface area contributed by atoms with Gasteiger partial charge in [0.25, 0.3) is 6.71 Å². The number of para-hydroxylation sites is 4. The maximum Gasteiger partial charge on any atom is 0.252 e. The third-order valence-corrected chi connectivity index (χ3v) is 19.0. The molecule has 0 N–H and O–H groups in total. The minimum Gasteiger partial charge on any atom is -0.310 e. The van der Waals surface area contributed by atoms with Crippen LogP contribution >= 0.6 is 0 Å². The van der Waals surface area contributed by atoms with E-state index in [1.807, 2.05) is 206 Å². The zero-order valence-electron chi connectivity index (χ0n) is 69.2. The molecule has 17 aromatic rings. The smallest absolute Gasteiger partial charge is 0.252 e. The summed E-state index contributed by atoms with van der Waals surface area (Å²) in [6.07, 6.45) is 0. The highest BCUT2D eigenvalue weighted by molar-refractivity contribution is 7.00. The summed E-state index contributed by atoms with van der Waals surface area (Å²) >= 11 is 0. The third-order valence-electron chi connectivity index (χ3n) is 19.0. The quantitative estimate of drug-likeness (QED) is 0.0999. The van der Waals surface area contributed by atoms with Crippen LogP contribution in [0.2, 0.25) is 0 Å². The van der Waals surface area contributed by atoms with Crippen molar-refractivity contribution in [2.75, 3.05) is 9.80 Å². The topological polar surface area (TPSA) is 11.4 Å². The van der Waals surface area contributed by atoms with Crippen LogP contribution in [0.3, 0.4) is 0 Å². The first kappa shape index (κ1) is 39.8. The van der Waals surface area contributed by atoms with Crippen molar-refractivity contribution in [3.63, 3.8) is 0 Å². The summed E-state index contributed by atoms with van der Waals surface area (Å²) in [5.74, 6) is 0. The maximum absolute atomic E-state index is 10.1. The predicted octanol–water partition coefficient (Wildman–Crippen LogP) is 22.8. The van der Waals surface area contributed by atoms with Crippen molar-refractivity contribution in [1.82, 2.24) is 4.57 Å². The Kier molecular flexibility index (Phi) is 9.40. The van der Waals surface area contributed by atoms with E-state index < -0.39 is 103 Å². The van der Waals surface area contributed by atoms with Gasteiger partial charge in [-0.05, 0) is 130 Å². The van der Waals surface area contributed by atoms with Crippen molar-refractivity contribution in [2.45, 2.75) is 0 Å². The van der Waals surface area contributed by atoms with Gasteiger partial charge in [-0.15, -0.1) is 0 Å². The summed E-state index contributed by atoms with van der Waals surface area (Å²) < 4.78 is 171. The number of nitrogens with zero attached hydrogens (tertiary/aromatic N) is 3. The minimum atomic E-state index is -0.888. The SMILES string of the molecule is [2H]c1c([2H])c([2H])c(-c2ccc3c(c2)B2c4ccc(-c5c6ccccc6c(-c6c([2H])c([2H])c([2H])c([2H])c6[2H])c6ccccc56)cc4N(c4c(-c5ccccc5)cccc4-c4ccccc4)c4cc(-n5c6c([2H])c([2H])c([2H])c([2H])c6c6c([2H])c([2H])c([2H])c([2H])c65)cc(c42)N3c2c(-c3ccccc3)cccc2-c2ccccc2)c([2H])c1[2H]. The molecule has 0 saturated carbocycles. The zero-order valence-corrected chi connectivity index (χ0v) is 51.2. The predicted molar refractivity (Wildman–Crippen MR) is 408 cm³/mol. The molecule has 16 aromatic carbocycles. The molecule has 4 heteroatoms. The van der Waals surface area contributed by atoms with Crippen LogP contribution in [0.25, 0.3) is 127 Å². The van der Waals surface area contributed by atoms with Crippen LogP contribution in [0.15, 0.2) is 364 Å². The Morgan fingerprint density at radius 1 is 0.250 bits per heavy atom. The molecule has 3 heterocycles. The van der Waals surface area contributed by atoms with Crippen LogP contribution in [-0.4, -0.2) is 11.3 Å². The van der Waals surface area contributed by atoms with Gasteiger partial charge in [-0.2, -0.15) is 0 Å². The highest BCUT2D eigenvalue weighted by Gasteiger charge is 2.46. The maximum atomic E-state index is 10.1. The first-order chi connectivity index (χ1) is 55.2. The van der Waals surface area contributed by atoms with E-state index in [2.05, 4.69) is 52.3 Å². The average Bonchev–Trinajstić information content (AvgIpc) is 1.00. The fourth-order valence-corrected chi connectivity index (χ4v) is 15.0. The van der Waals surface area contributed by atoms with E-state index in [1.54, 1.807) is 10.6 Å². The number of anilines is 6. The highest BCUT2D eigenvalue weighted by Crippen LogP contribution is 2.55. The Bertz CT molecular complexity index is 6740. The van der Waals surface area contributed by atoms with E-state index in [0.717, 1.165) is 55.5 Å². The van der Waals surface area contributed by atoms with Crippen LogP contribution in [0.5, 0.6) is 0 Å². The lowest BCUT2D eigenvalue weighted by atomic mass is 9.33. The molecule has 2 aliphatic rings. The molecule has 0 radical (unpaired) electrons. The molecule has 0 aliphatic carbocycles. The average molecular weight is 1240 g/mol. The van der Waals surface area contributed by atoms with Gasteiger partial charge in [0, 0.05) is 55.8 Å². The molecule has 446 valence electrons. The van der Waals surface area contributed by atoms with Crippen LogP contribution in [-0.2, 0) is 0 Å². The van der Waals surface area contributed by atoms with Crippen LogP contribution < -0.4 is 26.2 Å². The Morgan fingerprint density at radius 3 is 1.11 bits per heavy atom. The van der Waals surface area contributed by atoms with Crippen molar-refractivity contribution >= 4 is 101 Å². The molecule has 1 aromatic heterocycles. The minimum absolute atomic E-state index is 0.0324. The van der Waals surface area contributed by atoms with E-state index >= 15 is 0 Å². The molecule has 0 bridgehead atoms. The van der Waals surface area contributed by atoms with E-state index in [1.165, 1.54) is 0 Å². The second-order valence-corrected chi connectivity index (χ2v) is 24.0. The molecule has 0 saturated heterocycles. The van der Waals surface area contributed by atoms with Crippen molar-refractivity contribution in [2.24, 2.45) is 0 Å². The van der Waals surface area contributed by atoms with Gasteiger partial charge in [0.05, 0.1) is 52.8 Å². The lowest BCUT2D eigenvalue weighted by Gasteiger charge is -2.46. The third kappa shape index (κ3) is 8.76. The number of rotatable bonds is 10. The van der Waals surface area contributed by atoms with Gasteiger partial charge in [0.1, 0.15) is 0 Å². The molecule has 2 aliphatic heterocycles. The van der Waals surface area contributed by atoms with Crippen molar-refractivity contribution < 1.29 is 24.7 Å². The van der Waals surface area contributed by atoms with Gasteiger partial charge >= 0.3 is 0 Å². The number of benzene rings is 16. The van der Waals surface area contributed by atoms with E-state index in [4.69, 9.17) is 8.22 Å². The number of hydrogen-bond acceptors (Lipinski definition) is 2. The Morgan fingerprint density at radius 2 is 0.646 bits per heavy atom. The van der Waals surface area contributed by atoms with Crippen molar-refractivity contribution in [3.8, 4) is 83.6 Å². The van der Waals surface area contributed by atoms with Gasteiger partial charge in [-0.3, -0.25) is 0 Å². The van der Waals surface area contributed by atoms with E-state index in [-0.39, 0.29) is 50.7 Å². The summed E-state index contributed by atoms with van der Waals surface area (Å²) in [7, 11) is 0. The van der Waals surface area contributed by atoms with Crippen molar-refractivity contribution in [1.29, 1.82) is 0 Å². The number of aromatic nitrogens is 1. The molecule has 0 fully saturated rings. The summed E-state index contributed by atoms with van der Waals surface area (Å²) in [5, 5.41) is 2.34. The van der Waals surface area contributed by atoms with Crippen LogP contribution in [0.1, 0.15) is 24.7 Å². The largest absolute Gasteiger partial charge is 0.310 e. The first-order valence-electron chi connectivity index (χ1n) is 40.8. The summed E-state index contributed by atoms with van der Waals surface area (Å²) in [6.45, 7) is -0.888. The summed E-state index contributed by atoms with van der Waals surface area (Å²) in [4.78, 5) is 4.41. The van der Waals surface area contributed by atoms with E-state index in [9.17, 15) is 16.4 Å². The molecule has 0 spiro atoms. The molecular weight excluding hydrogens is 1160 g/mol. The monoisotopic (exact) mass is 1240 g/mol. The second-order valence-electron chi connectivity index (χ2n) is 24.0. The van der Waals surface area contributed by atoms with Crippen LogP contribution in [0, 0.1) is 0 Å². The van der Waals surface area contributed by atoms with Crippen molar-refractivity contribution in [3.05, 3.63) is 364 Å². The summed E-state index contributed by atoms with van der Waals surface area (Å²) in [6, 6.07) is 74.1. The molecule has 96 heavy (non-hydrogen) atoms. The zero-order chi connectivity index (χ0) is 78.9. The Hall–Kier alpha value is -12.5.